The highest BCUT2D eigenvalue weighted by Gasteiger charge is 2.52. The van der Waals surface area contributed by atoms with Crippen molar-refractivity contribution < 1.29 is 9.31 Å². The third-order valence-electron chi connectivity index (χ3n) is 3.81. The fourth-order valence-electron chi connectivity index (χ4n) is 1.87. The largest absolute Gasteiger partial charge is 0.491 e. The van der Waals surface area contributed by atoms with Crippen molar-refractivity contribution in [3.63, 3.8) is 0 Å². The SMILES string of the molecule is CC1(C)OB(C(=Cc2ccccn2)CN)OC1(C)C. The molecule has 0 saturated carbocycles. The van der Waals surface area contributed by atoms with Gasteiger partial charge in [0, 0.05) is 12.7 Å². The summed E-state index contributed by atoms with van der Waals surface area (Å²) in [6.07, 6.45) is 3.69. The smallest absolute Gasteiger partial charge is 0.400 e. The maximum absolute atomic E-state index is 5.99. The van der Waals surface area contributed by atoms with E-state index in [1.54, 1.807) is 6.20 Å². The fourth-order valence-corrected chi connectivity index (χ4v) is 1.87. The van der Waals surface area contributed by atoms with E-state index in [2.05, 4.69) is 4.98 Å². The quantitative estimate of drug-likeness (QED) is 0.845. The molecule has 5 heteroatoms. The molecule has 1 aliphatic heterocycles. The Labute approximate surface area is 115 Å². The molecule has 0 bridgehead atoms. The minimum Gasteiger partial charge on any atom is -0.400 e. The second-order valence-electron chi connectivity index (χ2n) is 5.77. The van der Waals surface area contributed by atoms with Gasteiger partial charge < -0.3 is 15.0 Å². The van der Waals surface area contributed by atoms with Gasteiger partial charge in [-0.2, -0.15) is 0 Å². The van der Waals surface area contributed by atoms with E-state index in [-0.39, 0.29) is 11.2 Å². The van der Waals surface area contributed by atoms with Crippen LogP contribution in [0.4, 0.5) is 0 Å². The summed E-state index contributed by atoms with van der Waals surface area (Å²) in [5, 5.41) is 0. The maximum atomic E-state index is 5.99. The normalized spacial score (nSPS) is 21.7. The van der Waals surface area contributed by atoms with Gasteiger partial charge in [0.1, 0.15) is 0 Å². The van der Waals surface area contributed by atoms with Crippen LogP contribution in [0.15, 0.2) is 29.9 Å². The Morgan fingerprint density at radius 3 is 2.37 bits per heavy atom. The number of pyridine rings is 1. The first-order valence-electron chi connectivity index (χ1n) is 6.53. The lowest BCUT2D eigenvalue weighted by Crippen LogP contribution is -2.41. The number of hydrogen-bond donors (Lipinski definition) is 1. The van der Waals surface area contributed by atoms with Gasteiger partial charge in [-0.3, -0.25) is 4.98 Å². The van der Waals surface area contributed by atoms with Gasteiger partial charge in [-0.15, -0.1) is 0 Å². The molecule has 0 spiro atoms. The van der Waals surface area contributed by atoms with Crippen molar-refractivity contribution in [1.82, 2.24) is 4.98 Å². The van der Waals surface area contributed by atoms with E-state index in [0.717, 1.165) is 11.2 Å². The molecule has 0 amide bonds. The first kappa shape index (κ1) is 14.2. The van der Waals surface area contributed by atoms with Gasteiger partial charge in [0.05, 0.1) is 16.9 Å². The molecule has 0 radical (unpaired) electrons. The summed E-state index contributed by atoms with van der Waals surface area (Å²) in [4.78, 5) is 4.27. The van der Waals surface area contributed by atoms with Crippen LogP contribution in [0.5, 0.6) is 0 Å². The van der Waals surface area contributed by atoms with Crippen LogP contribution in [-0.2, 0) is 9.31 Å². The van der Waals surface area contributed by atoms with Gasteiger partial charge in [-0.25, -0.2) is 0 Å². The summed E-state index contributed by atoms with van der Waals surface area (Å²) in [5.74, 6) is 0. The fraction of sp³-hybridized carbons (Fsp3) is 0.500. The molecule has 0 aliphatic carbocycles. The van der Waals surface area contributed by atoms with Crippen LogP contribution >= 0.6 is 0 Å². The van der Waals surface area contributed by atoms with E-state index >= 15 is 0 Å². The standard InChI is InChI=1S/C14H21BN2O2/c1-13(2)14(3,4)19-15(18-13)11(10-16)9-12-7-5-6-8-17-12/h5-9H,10,16H2,1-4H3. The first-order valence-corrected chi connectivity index (χ1v) is 6.53. The average molecular weight is 260 g/mol. The van der Waals surface area contributed by atoms with Gasteiger partial charge >= 0.3 is 7.12 Å². The van der Waals surface area contributed by atoms with Crippen LogP contribution in [0.1, 0.15) is 33.4 Å². The summed E-state index contributed by atoms with van der Waals surface area (Å²) in [7, 11) is -0.406. The van der Waals surface area contributed by atoms with E-state index in [4.69, 9.17) is 15.0 Å². The Hall–Kier alpha value is -1.17. The van der Waals surface area contributed by atoms with E-state index in [9.17, 15) is 0 Å². The number of rotatable bonds is 3. The molecule has 102 valence electrons. The van der Waals surface area contributed by atoms with Crippen molar-refractivity contribution >= 4 is 13.2 Å². The molecule has 0 unspecified atom stereocenters. The summed E-state index contributed by atoms with van der Waals surface area (Å²) >= 11 is 0. The zero-order chi connectivity index (χ0) is 14.1. The van der Waals surface area contributed by atoms with Crippen LogP contribution in [0.3, 0.4) is 0 Å². The zero-order valence-corrected chi connectivity index (χ0v) is 12.0. The number of aromatic nitrogens is 1. The number of nitrogens with two attached hydrogens (primary N) is 1. The molecule has 19 heavy (non-hydrogen) atoms. The summed E-state index contributed by atoms with van der Waals surface area (Å²) in [6, 6.07) is 5.76. The van der Waals surface area contributed by atoms with E-state index in [1.807, 2.05) is 52.0 Å². The third-order valence-corrected chi connectivity index (χ3v) is 3.81. The molecular formula is C14H21BN2O2. The second kappa shape index (κ2) is 5.08. The van der Waals surface area contributed by atoms with E-state index < -0.39 is 7.12 Å². The van der Waals surface area contributed by atoms with Crippen molar-refractivity contribution in [1.29, 1.82) is 0 Å². The maximum Gasteiger partial charge on any atom is 0.491 e. The van der Waals surface area contributed by atoms with Gasteiger partial charge in [-0.05, 0) is 51.4 Å². The average Bonchev–Trinajstić information content (AvgIpc) is 2.56. The van der Waals surface area contributed by atoms with Crippen LogP contribution in [0.25, 0.3) is 6.08 Å². The summed E-state index contributed by atoms with van der Waals surface area (Å²) < 4.78 is 12.0. The van der Waals surface area contributed by atoms with E-state index in [0.29, 0.717) is 6.54 Å². The number of hydrogen-bond acceptors (Lipinski definition) is 4. The Balaban J connectivity index is 2.23. The van der Waals surface area contributed by atoms with Crippen LogP contribution in [0, 0.1) is 0 Å². The highest BCUT2D eigenvalue weighted by Crippen LogP contribution is 2.38. The number of nitrogens with zero attached hydrogens (tertiary/aromatic N) is 1. The highest BCUT2D eigenvalue weighted by molar-refractivity contribution is 6.55. The first-order chi connectivity index (χ1) is 8.86. The minimum absolute atomic E-state index is 0.351. The molecule has 2 rings (SSSR count). The third kappa shape index (κ3) is 2.89. The molecule has 1 fully saturated rings. The molecule has 2 N–H and O–H groups in total. The Morgan fingerprint density at radius 1 is 1.26 bits per heavy atom. The zero-order valence-electron chi connectivity index (χ0n) is 12.0. The minimum atomic E-state index is -0.406. The second-order valence-corrected chi connectivity index (χ2v) is 5.77. The Kier molecular flexibility index (Phi) is 3.81. The molecule has 1 saturated heterocycles. The van der Waals surface area contributed by atoms with Crippen molar-refractivity contribution in [3.8, 4) is 0 Å². The van der Waals surface area contributed by atoms with Crippen LogP contribution in [0.2, 0.25) is 0 Å². The Bertz CT molecular complexity index is 456. The summed E-state index contributed by atoms with van der Waals surface area (Å²) in [6.45, 7) is 8.50. The molecular weight excluding hydrogens is 239 g/mol. The van der Waals surface area contributed by atoms with Crippen molar-refractivity contribution in [2.75, 3.05) is 6.54 Å². The summed E-state index contributed by atoms with van der Waals surface area (Å²) in [5.41, 5.74) is 6.88. The van der Waals surface area contributed by atoms with Gasteiger partial charge in [0.25, 0.3) is 0 Å². The molecule has 4 nitrogen and oxygen atoms in total. The van der Waals surface area contributed by atoms with Gasteiger partial charge in [-0.1, -0.05) is 6.07 Å². The van der Waals surface area contributed by atoms with Gasteiger partial charge in [0.2, 0.25) is 0 Å². The lowest BCUT2D eigenvalue weighted by molar-refractivity contribution is 0.00578. The predicted octanol–water partition coefficient (Wildman–Crippen LogP) is 2.06. The monoisotopic (exact) mass is 260 g/mol. The van der Waals surface area contributed by atoms with Crippen LogP contribution in [-0.4, -0.2) is 29.8 Å². The molecule has 1 aromatic rings. The molecule has 0 aromatic carbocycles. The lowest BCUT2D eigenvalue weighted by Gasteiger charge is -2.32. The van der Waals surface area contributed by atoms with E-state index in [1.165, 1.54) is 0 Å². The van der Waals surface area contributed by atoms with Gasteiger partial charge in [0.15, 0.2) is 0 Å². The Morgan fingerprint density at radius 2 is 1.89 bits per heavy atom. The van der Waals surface area contributed by atoms with Crippen molar-refractivity contribution in [2.45, 2.75) is 38.9 Å². The van der Waals surface area contributed by atoms with Crippen LogP contribution < -0.4 is 5.73 Å². The topological polar surface area (TPSA) is 57.4 Å². The predicted molar refractivity (Wildman–Crippen MR) is 77.4 cm³/mol. The molecule has 1 aromatic heterocycles. The molecule has 0 atom stereocenters. The van der Waals surface area contributed by atoms with Crippen molar-refractivity contribution in [3.05, 3.63) is 35.6 Å². The lowest BCUT2D eigenvalue weighted by atomic mass is 9.77. The highest BCUT2D eigenvalue weighted by atomic mass is 16.7. The van der Waals surface area contributed by atoms with Crippen molar-refractivity contribution in [2.24, 2.45) is 5.73 Å². The molecule has 1 aliphatic rings. The molecule has 2 heterocycles.